The number of aryl methyl sites for hydroxylation is 1. The van der Waals surface area contributed by atoms with Crippen molar-refractivity contribution in [3.8, 4) is 23.0 Å². The van der Waals surface area contributed by atoms with Gasteiger partial charge >= 0.3 is 0 Å². The minimum Gasteiger partial charge on any atom is -0.493 e. The first-order valence-corrected chi connectivity index (χ1v) is 14.0. The number of rotatable bonds is 7. The number of benzene rings is 1. The zero-order valence-corrected chi connectivity index (χ0v) is 22.8. The highest BCUT2D eigenvalue weighted by atomic mass is 32.2. The quantitative estimate of drug-likeness (QED) is 0.352. The van der Waals surface area contributed by atoms with Gasteiger partial charge in [0.25, 0.3) is 5.56 Å². The minimum absolute atomic E-state index is 0.129. The highest BCUT2D eigenvalue weighted by molar-refractivity contribution is 7.89. The molecule has 11 nitrogen and oxygen atoms in total. The standard InChI is InChI=1S/C26H31N7O4S/c1-5-16-37-21-10-9-19(38(35,36)32-14-12-30(3)13-15-32)17-20(21)24-28-25-23(26(34)31(24)4)18(2)29-33(25)22-8-6-7-11-27-22/h6-11,17H,5,12-16H2,1-4H3. The Kier molecular flexibility index (Phi) is 7.03. The van der Waals surface area contributed by atoms with Gasteiger partial charge in [0.15, 0.2) is 11.5 Å². The van der Waals surface area contributed by atoms with E-state index in [2.05, 4.69) is 15.0 Å². The molecule has 0 saturated carbocycles. The molecule has 0 N–H and O–H groups in total. The molecule has 0 spiro atoms. The molecule has 0 radical (unpaired) electrons. The number of nitrogens with zero attached hydrogens (tertiary/aromatic N) is 7. The molecule has 1 aliphatic heterocycles. The zero-order valence-electron chi connectivity index (χ0n) is 22.0. The second kappa shape index (κ2) is 10.3. The van der Waals surface area contributed by atoms with Crippen molar-refractivity contribution in [2.24, 2.45) is 7.05 Å². The van der Waals surface area contributed by atoms with E-state index in [-0.39, 0.29) is 16.3 Å². The van der Waals surface area contributed by atoms with Crippen molar-refractivity contribution < 1.29 is 13.2 Å². The summed E-state index contributed by atoms with van der Waals surface area (Å²) in [5, 5.41) is 4.91. The Labute approximate surface area is 221 Å². The van der Waals surface area contributed by atoms with Crippen LogP contribution < -0.4 is 10.3 Å². The van der Waals surface area contributed by atoms with E-state index < -0.39 is 10.0 Å². The summed E-state index contributed by atoms with van der Waals surface area (Å²) in [7, 11) is -0.166. The molecule has 4 aromatic rings. The van der Waals surface area contributed by atoms with Crippen LogP contribution in [0.1, 0.15) is 19.0 Å². The molecule has 1 saturated heterocycles. The number of likely N-dealkylation sites (N-methyl/N-ethyl adjacent to an activating group) is 1. The van der Waals surface area contributed by atoms with Crippen LogP contribution in [-0.4, -0.2) is 81.8 Å². The monoisotopic (exact) mass is 537 g/mol. The molecule has 1 fully saturated rings. The van der Waals surface area contributed by atoms with Gasteiger partial charge in [-0.3, -0.25) is 9.36 Å². The van der Waals surface area contributed by atoms with Crippen molar-refractivity contribution in [3.05, 3.63) is 58.6 Å². The molecule has 1 aliphatic rings. The van der Waals surface area contributed by atoms with E-state index in [9.17, 15) is 13.2 Å². The second-order valence-corrected chi connectivity index (χ2v) is 11.3. The molecule has 0 aliphatic carbocycles. The van der Waals surface area contributed by atoms with Crippen LogP contribution in [0.5, 0.6) is 5.75 Å². The normalized spacial score (nSPS) is 15.3. The van der Waals surface area contributed by atoms with Crippen LogP contribution >= 0.6 is 0 Å². The van der Waals surface area contributed by atoms with Gasteiger partial charge in [-0.25, -0.2) is 18.4 Å². The van der Waals surface area contributed by atoms with Crippen molar-refractivity contribution in [1.29, 1.82) is 0 Å². The number of piperazine rings is 1. The summed E-state index contributed by atoms with van der Waals surface area (Å²) in [6, 6.07) is 10.2. The van der Waals surface area contributed by atoms with E-state index in [1.165, 1.54) is 13.6 Å². The average molecular weight is 538 g/mol. The van der Waals surface area contributed by atoms with E-state index in [1.807, 2.05) is 20.0 Å². The Morgan fingerprint density at radius 2 is 1.82 bits per heavy atom. The van der Waals surface area contributed by atoms with Crippen molar-refractivity contribution in [2.75, 3.05) is 39.8 Å². The molecule has 1 aromatic carbocycles. The molecule has 200 valence electrons. The number of fused-ring (bicyclic) bond motifs is 1. The molecule has 5 rings (SSSR count). The third kappa shape index (κ3) is 4.59. The fraction of sp³-hybridized carbons (Fsp3) is 0.385. The summed E-state index contributed by atoms with van der Waals surface area (Å²) in [6.45, 7) is 6.31. The van der Waals surface area contributed by atoms with Gasteiger partial charge in [-0.1, -0.05) is 13.0 Å². The van der Waals surface area contributed by atoms with E-state index >= 15 is 0 Å². The first kappa shape index (κ1) is 26.0. The fourth-order valence-electron chi connectivity index (χ4n) is 4.55. The average Bonchev–Trinajstić information content (AvgIpc) is 3.26. The largest absolute Gasteiger partial charge is 0.493 e. The molecule has 3 aromatic heterocycles. The van der Waals surface area contributed by atoms with Gasteiger partial charge in [-0.2, -0.15) is 14.1 Å². The Morgan fingerprint density at radius 1 is 1.05 bits per heavy atom. The van der Waals surface area contributed by atoms with Gasteiger partial charge in [-0.05, 0) is 50.7 Å². The van der Waals surface area contributed by atoms with E-state index in [0.29, 0.717) is 66.6 Å². The molecule has 38 heavy (non-hydrogen) atoms. The number of pyridine rings is 1. The number of sulfonamides is 1. The Morgan fingerprint density at radius 3 is 2.50 bits per heavy atom. The molecule has 0 unspecified atom stereocenters. The van der Waals surface area contributed by atoms with E-state index in [4.69, 9.17) is 9.72 Å². The number of ether oxygens (including phenoxy) is 1. The highest BCUT2D eigenvalue weighted by Gasteiger charge is 2.29. The van der Waals surface area contributed by atoms with Gasteiger partial charge < -0.3 is 9.64 Å². The number of aromatic nitrogens is 5. The first-order valence-electron chi connectivity index (χ1n) is 12.6. The molecular weight excluding hydrogens is 506 g/mol. The van der Waals surface area contributed by atoms with Gasteiger partial charge in [0.05, 0.1) is 22.8 Å². The lowest BCUT2D eigenvalue weighted by Gasteiger charge is -2.31. The summed E-state index contributed by atoms with van der Waals surface area (Å²) >= 11 is 0. The van der Waals surface area contributed by atoms with Crippen molar-refractivity contribution in [1.82, 2.24) is 33.5 Å². The maximum absolute atomic E-state index is 13.6. The molecule has 0 atom stereocenters. The van der Waals surface area contributed by atoms with Crippen LogP contribution in [0.3, 0.4) is 0 Å². The van der Waals surface area contributed by atoms with Crippen LogP contribution in [0.15, 0.2) is 52.3 Å². The van der Waals surface area contributed by atoms with Gasteiger partial charge in [0, 0.05) is 39.4 Å². The number of hydrogen-bond acceptors (Lipinski definition) is 8. The van der Waals surface area contributed by atoms with Crippen LogP contribution in [0.25, 0.3) is 28.2 Å². The van der Waals surface area contributed by atoms with Crippen LogP contribution in [0.2, 0.25) is 0 Å². The summed E-state index contributed by atoms with van der Waals surface area (Å²) in [4.78, 5) is 25.0. The molecule has 4 heterocycles. The van der Waals surface area contributed by atoms with Gasteiger partial charge in [0.1, 0.15) is 17.0 Å². The van der Waals surface area contributed by atoms with E-state index in [1.54, 1.807) is 50.5 Å². The first-order chi connectivity index (χ1) is 18.2. The van der Waals surface area contributed by atoms with Gasteiger partial charge in [-0.15, -0.1) is 0 Å². The predicted octanol–water partition coefficient (Wildman–Crippen LogP) is 2.21. The molecule has 0 amide bonds. The summed E-state index contributed by atoms with van der Waals surface area (Å²) in [5.41, 5.74) is 0.993. The smallest absolute Gasteiger partial charge is 0.264 e. The SMILES string of the molecule is CCCOc1ccc(S(=O)(=O)N2CCN(C)CC2)cc1-c1nc2c(c(C)nn2-c2ccccn2)c(=O)n1C. The Hall–Kier alpha value is -3.61. The summed E-state index contributed by atoms with van der Waals surface area (Å²) < 4.78 is 37.6. The minimum atomic E-state index is -3.76. The van der Waals surface area contributed by atoms with Crippen molar-refractivity contribution in [2.45, 2.75) is 25.2 Å². The lowest BCUT2D eigenvalue weighted by Crippen LogP contribution is -2.47. The molecule has 0 bridgehead atoms. The highest BCUT2D eigenvalue weighted by Crippen LogP contribution is 2.33. The zero-order chi connectivity index (χ0) is 27.0. The van der Waals surface area contributed by atoms with Crippen LogP contribution in [0.4, 0.5) is 0 Å². The van der Waals surface area contributed by atoms with Crippen molar-refractivity contribution >= 4 is 21.1 Å². The second-order valence-electron chi connectivity index (χ2n) is 9.40. The summed E-state index contributed by atoms with van der Waals surface area (Å²) in [6.07, 6.45) is 2.40. The van der Waals surface area contributed by atoms with E-state index in [0.717, 1.165) is 6.42 Å². The van der Waals surface area contributed by atoms with Gasteiger partial charge in [0.2, 0.25) is 10.0 Å². The predicted molar refractivity (Wildman–Crippen MR) is 144 cm³/mol. The Balaban J connectivity index is 1.71. The lowest BCUT2D eigenvalue weighted by atomic mass is 10.1. The topological polar surface area (TPSA) is 115 Å². The lowest BCUT2D eigenvalue weighted by molar-refractivity contribution is 0.222. The number of hydrogen-bond donors (Lipinski definition) is 0. The molecular formula is C26H31N7O4S. The third-order valence-electron chi connectivity index (χ3n) is 6.70. The maximum atomic E-state index is 13.6. The van der Waals surface area contributed by atoms with Crippen LogP contribution in [-0.2, 0) is 17.1 Å². The van der Waals surface area contributed by atoms with Crippen LogP contribution in [0, 0.1) is 6.92 Å². The maximum Gasteiger partial charge on any atom is 0.264 e. The molecule has 12 heteroatoms. The fourth-order valence-corrected chi connectivity index (χ4v) is 6.00. The third-order valence-corrected chi connectivity index (χ3v) is 8.60. The Bertz CT molecular complexity index is 1640. The van der Waals surface area contributed by atoms with Crippen molar-refractivity contribution in [3.63, 3.8) is 0 Å². The summed E-state index contributed by atoms with van der Waals surface area (Å²) in [5.74, 6) is 1.25.